The summed E-state index contributed by atoms with van der Waals surface area (Å²) in [6, 6.07) is 0. The summed E-state index contributed by atoms with van der Waals surface area (Å²) in [4.78, 5) is 10.6. The molecule has 1 aliphatic heterocycles. The molecule has 0 radical (unpaired) electrons. The number of amides is 1. The predicted octanol–water partition coefficient (Wildman–Crippen LogP) is 0.479. The van der Waals surface area contributed by atoms with Gasteiger partial charge in [0.2, 0.25) is 6.29 Å². The molecule has 1 fully saturated rings. The van der Waals surface area contributed by atoms with Crippen LogP contribution < -0.4 is 5.32 Å². The third kappa shape index (κ3) is 1.88. The normalized spacial score (nSPS) is 24.3. The molecule has 0 saturated carbocycles. The van der Waals surface area contributed by atoms with Gasteiger partial charge in [-0.3, -0.25) is 0 Å². The number of rotatable bonds is 1. The zero-order chi connectivity index (χ0) is 7.40. The molecule has 1 aliphatic rings. The fraction of sp³-hybridized carbons (Fsp3) is 0.833. The molecule has 4 nitrogen and oxygen atoms in total. The fourth-order valence-corrected chi connectivity index (χ4v) is 0.819. The van der Waals surface area contributed by atoms with Gasteiger partial charge in [-0.05, 0) is 6.42 Å². The number of ether oxygens (including phenoxy) is 2. The van der Waals surface area contributed by atoms with Gasteiger partial charge in [-0.15, -0.1) is 0 Å². The average Bonchev–Trinajstić information content (AvgIpc) is 2.40. The van der Waals surface area contributed by atoms with Gasteiger partial charge in [-0.2, -0.15) is 0 Å². The van der Waals surface area contributed by atoms with E-state index in [4.69, 9.17) is 9.47 Å². The second kappa shape index (κ2) is 3.41. The minimum absolute atomic E-state index is 0.319. The lowest BCUT2D eigenvalue weighted by Gasteiger charge is -2.09. The summed E-state index contributed by atoms with van der Waals surface area (Å²) in [7, 11) is 1.53. The topological polar surface area (TPSA) is 47.6 Å². The monoisotopic (exact) mass is 145 g/mol. The number of hydrogen-bond acceptors (Lipinski definition) is 3. The van der Waals surface area contributed by atoms with Crippen molar-refractivity contribution in [1.82, 2.24) is 5.32 Å². The number of carbonyl (C=O) groups is 1. The van der Waals surface area contributed by atoms with Gasteiger partial charge in [-0.1, -0.05) is 0 Å². The van der Waals surface area contributed by atoms with Crippen LogP contribution in [0.3, 0.4) is 0 Å². The van der Waals surface area contributed by atoms with Gasteiger partial charge in [0.15, 0.2) is 0 Å². The first-order chi connectivity index (χ1) is 4.83. The van der Waals surface area contributed by atoms with Gasteiger partial charge >= 0.3 is 6.09 Å². The van der Waals surface area contributed by atoms with Crippen LogP contribution >= 0.6 is 0 Å². The highest BCUT2D eigenvalue weighted by Crippen LogP contribution is 2.12. The lowest BCUT2D eigenvalue weighted by atomic mass is 10.4. The maximum absolute atomic E-state index is 10.6. The van der Waals surface area contributed by atoms with Crippen LogP contribution in [0.25, 0.3) is 0 Å². The lowest BCUT2D eigenvalue weighted by Crippen LogP contribution is -2.25. The molecule has 1 rings (SSSR count). The molecule has 0 aromatic heterocycles. The van der Waals surface area contributed by atoms with Crippen molar-refractivity contribution in [3.05, 3.63) is 0 Å². The highest BCUT2D eigenvalue weighted by molar-refractivity contribution is 5.66. The van der Waals surface area contributed by atoms with E-state index < -0.39 is 6.09 Å². The maximum atomic E-state index is 10.6. The molecule has 0 spiro atoms. The van der Waals surface area contributed by atoms with E-state index in [9.17, 15) is 4.79 Å². The van der Waals surface area contributed by atoms with Crippen molar-refractivity contribution in [2.24, 2.45) is 0 Å². The summed E-state index contributed by atoms with van der Waals surface area (Å²) < 4.78 is 9.83. The summed E-state index contributed by atoms with van der Waals surface area (Å²) in [5.74, 6) is 0. The highest BCUT2D eigenvalue weighted by atomic mass is 16.7. The Morgan fingerprint density at radius 3 is 3.10 bits per heavy atom. The number of alkyl carbamates (subject to hydrolysis) is 1. The van der Waals surface area contributed by atoms with Gasteiger partial charge in [0.25, 0.3) is 0 Å². The average molecular weight is 145 g/mol. The van der Waals surface area contributed by atoms with E-state index in [1.54, 1.807) is 0 Å². The summed E-state index contributed by atoms with van der Waals surface area (Å²) in [6.45, 7) is 0.696. The second-order valence-electron chi connectivity index (χ2n) is 2.10. The Hall–Kier alpha value is -0.770. The van der Waals surface area contributed by atoms with Crippen molar-refractivity contribution in [1.29, 1.82) is 0 Å². The standard InChI is InChI=1S/C6H11NO3/c1-7-6(8)10-5-3-2-4-9-5/h5H,2-4H2,1H3,(H,7,8). The van der Waals surface area contributed by atoms with Crippen molar-refractivity contribution in [2.45, 2.75) is 19.1 Å². The minimum Gasteiger partial charge on any atom is -0.420 e. The van der Waals surface area contributed by atoms with Gasteiger partial charge < -0.3 is 14.8 Å². The molecule has 4 heteroatoms. The Morgan fingerprint density at radius 2 is 2.60 bits per heavy atom. The van der Waals surface area contributed by atoms with Crippen molar-refractivity contribution in [2.75, 3.05) is 13.7 Å². The lowest BCUT2D eigenvalue weighted by molar-refractivity contribution is -0.0672. The first-order valence-electron chi connectivity index (χ1n) is 3.33. The zero-order valence-corrected chi connectivity index (χ0v) is 5.92. The van der Waals surface area contributed by atoms with Crippen LogP contribution in [0, 0.1) is 0 Å². The van der Waals surface area contributed by atoms with E-state index >= 15 is 0 Å². The third-order valence-corrected chi connectivity index (χ3v) is 1.33. The Kier molecular flexibility index (Phi) is 2.50. The Morgan fingerprint density at radius 1 is 1.80 bits per heavy atom. The van der Waals surface area contributed by atoms with E-state index in [1.807, 2.05) is 0 Å². The summed E-state index contributed by atoms with van der Waals surface area (Å²) in [5.41, 5.74) is 0. The van der Waals surface area contributed by atoms with Crippen molar-refractivity contribution in [3.8, 4) is 0 Å². The summed E-state index contributed by atoms with van der Waals surface area (Å²) >= 11 is 0. The van der Waals surface area contributed by atoms with Crippen molar-refractivity contribution >= 4 is 6.09 Å². The van der Waals surface area contributed by atoms with Crippen LogP contribution in [0.15, 0.2) is 0 Å². The molecule has 1 heterocycles. The molecular weight excluding hydrogens is 134 g/mol. The maximum Gasteiger partial charge on any atom is 0.409 e. The summed E-state index contributed by atoms with van der Waals surface area (Å²) in [5, 5.41) is 2.35. The molecule has 1 saturated heterocycles. The van der Waals surface area contributed by atoms with Crippen LogP contribution in [-0.2, 0) is 9.47 Å². The van der Waals surface area contributed by atoms with Crippen LogP contribution in [0.5, 0.6) is 0 Å². The molecule has 10 heavy (non-hydrogen) atoms. The molecule has 0 bridgehead atoms. The zero-order valence-electron chi connectivity index (χ0n) is 5.92. The van der Waals surface area contributed by atoms with E-state index in [1.165, 1.54) is 7.05 Å². The van der Waals surface area contributed by atoms with Gasteiger partial charge in [-0.25, -0.2) is 4.79 Å². The van der Waals surface area contributed by atoms with E-state index in [-0.39, 0.29) is 6.29 Å². The largest absolute Gasteiger partial charge is 0.420 e. The molecule has 1 amide bonds. The van der Waals surface area contributed by atoms with Crippen LogP contribution in [0.1, 0.15) is 12.8 Å². The SMILES string of the molecule is CNC(=O)OC1CCCO1. The van der Waals surface area contributed by atoms with Crippen LogP contribution in [0.2, 0.25) is 0 Å². The molecule has 0 aromatic carbocycles. The summed E-state index contributed by atoms with van der Waals surface area (Å²) in [6.07, 6.45) is 1.04. The van der Waals surface area contributed by atoms with E-state index in [0.29, 0.717) is 6.61 Å². The van der Waals surface area contributed by atoms with Crippen LogP contribution in [-0.4, -0.2) is 26.0 Å². The smallest absolute Gasteiger partial charge is 0.409 e. The number of nitrogens with one attached hydrogen (secondary N) is 1. The second-order valence-corrected chi connectivity index (χ2v) is 2.10. The molecule has 0 aromatic rings. The third-order valence-electron chi connectivity index (χ3n) is 1.33. The van der Waals surface area contributed by atoms with Crippen molar-refractivity contribution < 1.29 is 14.3 Å². The quantitative estimate of drug-likeness (QED) is 0.583. The van der Waals surface area contributed by atoms with Gasteiger partial charge in [0.1, 0.15) is 0 Å². The number of hydrogen-bond donors (Lipinski definition) is 1. The van der Waals surface area contributed by atoms with Crippen molar-refractivity contribution in [3.63, 3.8) is 0 Å². The van der Waals surface area contributed by atoms with Gasteiger partial charge in [0, 0.05) is 13.5 Å². The highest BCUT2D eigenvalue weighted by Gasteiger charge is 2.18. The first-order valence-corrected chi connectivity index (χ1v) is 3.33. The van der Waals surface area contributed by atoms with E-state index in [2.05, 4.69) is 5.32 Å². The first kappa shape index (κ1) is 7.34. The van der Waals surface area contributed by atoms with E-state index in [0.717, 1.165) is 12.8 Å². The Labute approximate surface area is 59.5 Å². The molecule has 1 N–H and O–H groups in total. The Balaban J connectivity index is 2.17. The molecular formula is C6H11NO3. The number of carbonyl (C=O) groups excluding carboxylic acids is 1. The molecule has 1 unspecified atom stereocenters. The predicted molar refractivity (Wildman–Crippen MR) is 34.5 cm³/mol. The van der Waals surface area contributed by atoms with Crippen LogP contribution in [0.4, 0.5) is 4.79 Å². The molecule has 1 atom stereocenters. The minimum atomic E-state index is -0.424. The molecule has 0 aliphatic carbocycles. The molecule has 58 valence electrons. The fourth-order valence-electron chi connectivity index (χ4n) is 0.819. The van der Waals surface area contributed by atoms with Gasteiger partial charge in [0.05, 0.1) is 6.61 Å². The Bertz CT molecular complexity index is 120.